The van der Waals surface area contributed by atoms with Gasteiger partial charge in [0, 0.05) is 6.54 Å². The van der Waals surface area contributed by atoms with Crippen molar-refractivity contribution < 1.29 is 9.90 Å². The topological polar surface area (TPSA) is 73.1 Å². The first-order valence-electron chi connectivity index (χ1n) is 7.13. The number of nitrogens with zero attached hydrogens (tertiary/aromatic N) is 1. The maximum Gasteiger partial charge on any atom is 0.261 e. The van der Waals surface area contributed by atoms with E-state index in [1.54, 1.807) is 12.1 Å². The molecule has 1 amide bonds. The van der Waals surface area contributed by atoms with E-state index in [2.05, 4.69) is 37.2 Å². The lowest BCUT2D eigenvalue weighted by Gasteiger charge is -2.06. The van der Waals surface area contributed by atoms with Crippen LogP contribution in [-0.4, -0.2) is 17.6 Å². The average Bonchev–Trinajstić information content (AvgIpc) is 2.58. The summed E-state index contributed by atoms with van der Waals surface area (Å²) in [4.78, 5) is 12.1. The van der Waals surface area contributed by atoms with Crippen LogP contribution in [0.2, 0.25) is 0 Å². The lowest BCUT2D eigenvalue weighted by Crippen LogP contribution is -2.26. The van der Waals surface area contributed by atoms with Crippen LogP contribution in [0.15, 0.2) is 57.0 Å². The van der Waals surface area contributed by atoms with Crippen LogP contribution in [0, 0.1) is 11.3 Å². The normalized spacial score (nSPS) is 11.0. The molecule has 2 rings (SSSR count). The smallest absolute Gasteiger partial charge is 0.261 e. The van der Waals surface area contributed by atoms with Gasteiger partial charge in [-0.1, -0.05) is 30.3 Å². The second kappa shape index (κ2) is 8.67. The number of nitrogens with one attached hydrogen (secondary N) is 1. The van der Waals surface area contributed by atoms with E-state index in [-0.39, 0.29) is 11.3 Å². The van der Waals surface area contributed by atoms with Crippen LogP contribution in [-0.2, 0) is 11.2 Å². The molecule has 0 aromatic heterocycles. The molecule has 0 radical (unpaired) electrons. The summed E-state index contributed by atoms with van der Waals surface area (Å²) in [5.74, 6) is -0.355. The van der Waals surface area contributed by atoms with Crippen molar-refractivity contribution in [2.75, 3.05) is 6.54 Å². The number of halogens is 2. The zero-order valence-electron chi connectivity index (χ0n) is 12.6. The molecule has 0 aliphatic heterocycles. The van der Waals surface area contributed by atoms with Crippen molar-refractivity contribution in [2.24, 2.45) is 0 Å². The Hall–Kier alpha value is -2.10. The maximum absolute atomic E-state index is 12.1. The van der Waals surface area contributed by atoms with Gasteiger partial charge in [0.1, 0.15) is 17.4 Å². The fraction of sp³-hybridized carbons (Fsp3) is 0.111. The molecule has 0 heterocycles. The summed E-state index contributed by atoms with van der Waals surface area (Å²) in [6, 6.07) is 15.0. The van der Waals surface area contributed by atoms with Gasteiger partial charge in [0.2, 0.25) is 0 Å². The lowest BCUT2D eigenvalue weighted by atomic mass is 10.1. The Morgan fingerprint density at radius 3 is 2.42 bits per heavy atom. The Labute approximate surface area is 157 Å². The van der Waals surface area contributed by atoms with Gasteiger partial charge in [0.25, 0.3) is 5.91 Å². The van der Waals surface area contributed by atoms with Crippen molar-refractivity contribution >= 4 is 43.8 Å². The van der Waals surface area contributed by atoms with Crippen LogP contribution in [0.4, 0.5) is 0 Å². The first-order valence-corrected chi connectivity index (χ1v) is 8.72. The van der Waals surface area contributed by atoms with Gasteiger partial charge < -0.3 is 10.4 Å². The van der Waals surface area contributed by atoms with Gasteiger partial charge in [-0.25, -0.2) is 0 Å². The van der Waals surface area contributed by atoms with Crippen LogP contribution in [0.25, 0.3) is 6.08 Å². The summed E-state index contributed by atoms with van der Waals surface area (Å²) in [5.41, 5.74) is 1.75. The molecule has 0 saturated heterocycles. The summed E-state index contributed by atoms with van der Waals surface area (Å²) in [5, 5.41) is 21.7. The van der Waals surface area contributed by atoms with E-state index in [9.17, 15) is 15.2 Å². The third-order valence-corrected chi connectivity index (χ3v) is 4.47. The van der Waals surface area contributed by atoms with Crippen LogP contribution in [0.5, 0.6) is 5.75 Å². The van der Waals surface area contributed by atoms with Crippen molar-refractivity contribution in [3.05, 3.63) is 68.1 Å². The molecule has 6 heteroatoms. The number of phenolic OH excluding ortho intramolecular Hbond substituents is 1. The highest BCUT2D eigenvalue weighted by Gasteiger charge is 2.10. The number of phenols is 1. The summed E-state index contributed by atoms with van der Waals surface area (Å²) in [6.07, 6.45) is 2.18. The zero-order chi connectivity index (χ0) is 17.5. The highest BCUT2D eigenvalue weighted by molar-refractivity contribution is 9.11. The molecule has 122 valence electrons. The Balaban J connectivity index is 2.05. The van der Waals surface area contributed by atoms with E-state index in [1.165, 1.54) is 6.08 Å². The second-order valence-corrected chi connectivity index (χ2v) is 6.70. The maximum atomic E-state index is 12.1. The predicted molar refractivity (Wildman–Crippen MR) is 100 cm³/mol. The van der Waals surface area contributed by atoms with Crippen LogP contribution in [0.3, 0.4) is 0 Å². The van der Waals surface area contributed by atoms with E-state index in [1.807, 2.05) is 36.4 Å². The van der Waals surface area contributed by atoms with E-state index < -0.39 is 5.91 Å². The molecule has 0 fully saturated rings. The molecular formula is C18H14Br2N2O2. The van der Waals surface area contributed by atoms with E-state index in [0.717, 1.165) is 5.56 Å². The lowest BCUT2D eigenvalue weighted by molar-refractivity contribution is -0.117. The number of nitriles is 1. The monoisotopic (exact) mass is 448 g/mol. The molecule has 0 aliphatic carbocycles. The number of rotatable bonds is 5. The van der Waals surface area contributed by atoms with Gasteiger partial charge >= 0.3 is 0 Å². The largest absolute Gasteiger partial charge is 0.506 e. The second-order valence-electron chi connectivity index (χ2n) is 4.99. The van der Waals surface area contributed by atoms with Crippen LogP contribution in [0.1, 0.15) is 11.1 Å². The van der Waals surface area contributed by atoms with Crippen molar-refractivity contribution in [2.45, 2.75) is 6.42 Å². The van der Waals surface area contributed by atoms with Gasteiger partial charge in [-0.05, 0) is 67.6 Å². The van der Waals surface area contributed by atoms with E-state index >= 15 is 0 Å². The minimum absolute atomic E-state index is 0.00699. The summed E-state index contributed by atoms with van der Waals surface area (Å²) >= 11 is 6.44. The summed E-state index contributed by atoms with van der Waals surface area (Å²) in [6.45, 7) is 0.449. The quantitative estimate of drug-likeness (QED) is 0.531. The standard InChI is InChI=1S/C18H14Br2N2O2/c19-15-9-13(10-16(20)17(15)23)8-14(11-21)18(24)22-7-6-12-4-2-1-3-5-12/h1-5,8-10,23H,6-7H2,(H,22,24)/b14-8+. The van der Waals surface area contributed by atoms with Crippen LogP contribution < -0.4 is 5.32 Å². The fourth-order valence-electron chi connectivity index (χ4n) is 2.04. The first-order chi connectivity index (χ1) is 11.5. The fourth-order valence-corrected chi connectivity index (χ4v) is 3.27. The van der Waals surface area contributed by atoms with Crippen molar-refractivity contribution in [3.63, 3.8) is 0 Å². The highest BCUT2D eigenvalue weighted by atomic mass is 79.9. The van der Waals surface area contributed by atoms with Gasteiger partial charge in [-0.3, -0.25) is 4.79 Å². The van der Waals surface area contributed by atoms with Gasteiger partial charge in [0.05, 0.1) is 8.95 Å². The molecule has 2 aromatic rings. The Morgan fingerprint density at radius 1 is 1.21 bits per heavy atom. The van der Waals surface area contributed by atoms with E-state index in [4.69, 9.17) is 0 Å². The molecule has 0 saturated carbocycles. The summed E-state index contributed by atoms with van der Waals surface area (Å²) < 4.78 is 0.954. The molecule has 2 aromatic carbocycles. The third kappa shape index (κ3) is 4.95. The summed E-state index contributed by atoms with van der Waals surface area (Å²) in [7, 11) is 0. The number of hydrogen-bond acceptors (Lipinski definition) is 3. The molecule has 0 bridgehead atoms. The molecule has 0 spiro atoms. The average molecular weight is 450 g/mol. The Bertz CT molecular complexity index is 789. The van der Waals surface area contributed by atoms with Gasteiger partial charge in [-0.2, -0.15) is 5.26 Å². The predicted octanol–water partition coefficient (Wildman–Crippen LogP) is 4.18. The number of amides is 1. The van der Waals surface area contributed by atoms with Crippen LogP contribution >= 0.6 is 31.9 Å². The third-order valence-electron chi connectivity index (χ3n) is 3.26. The molecule has 4 nitrogen and oxygen atoms in total. The highest BCUT2D eigenvalue weighted by Crippen LogP contribution is 2.33. The molecule has 24 heavy (non-hydrogen) atoms. The first kappa shape index (κ1) is 18.2. The number of aromatic hydroxyl groups is 1. The van der Waals surface area contributed by atoms with Crippen molar-refractivity contribution in [1.29, 1.82) is 5.26 Å². The van der Waals surface area contributed by atoms with Crippen molar-refractivity contribution in [1.82, 2.24) is 5.32 Å². The molecular weight excluding hydrogens is 436 g/mol. The molecule has 0 aliphatic rings. The SMILES string of the molecule is N#C/C(=C\c1cc(Br)c(O)c(Br)c1)C(=O)NCCc1ccccc1. The Kier molecular flexibility index (Phi) is 6.59. The Morgan fingerprint density at radius 2 is 1.83 bits per heavy atom. The number of hydrogen-bond donors (Lipinski definition) is 2. The number of benzene rings is 2. The molecule has 2 N–H and O–H groups in total. The molecule has 0 unspecified atom stereocenters. The van der Waals surface area contributed by atoms with E-state index in [0.29, 0.717) is 27.5 Å². The number of carbonyl (C=O) groups excluding carboxylic acids is 1. The minimum Gasteiger partial charge on any atom is -0.506 e. The minimum atomic E-state index is -0.422. The zero-order valence-corrected chi connectivity index (χ0v) is 15.8. The van der Waals surface area contributed by atoms with Crippen molar-refractivity contribution in [3.8, 4) is 11.8 Å². The molecule has 0 atom stereocenters. The van der Waals surface area contributed by atoms with Gasteiger partial charge in [0.15, 0.2) is 0 Å². The number of carbonyl (C=O) groups is 1. The van der Waals surface area contributed by atoms with Gasteiger partial charge in [-0.15, -0.1) is 0 Å².